The van der Waals surface area contributed by atoms with Crippen LogP contribution in [0.5, 0.6) is 0 Å². The molecule has 0 bridgehead atoms. The molecule has 1 heterocycles. The summed E-state index contributed by atoms with van der Waals surface area (Å²) in [5.74, 6) is 0.562. The second-order valence-electron chi connectivity index (χ2n) is 6.02. The molecule has 2 atom stereocenters. The first kappa shape index (κ1) is 13.5. The third-order valence-corrected chi connectivity index (χ3v) is 4.64. The standard InChI is InChI=1S/C17H23NO2/c1-2-12-4-3-5-15(10-12)20-17(19)14-7-6-13-8-9-18-16(13)11-14/h6-7,11-12,15,18H,2-5,8-10H2,1H3. The van der Waals surface area contributed by atoms with Crippen LogP contribution < -0.4 is 5.32 Å². The van der Waals surface area contributed by atoms with E-state index >= 15 is 0 Å². The predicted molar refractivity (Wildman–Crippen MR) is 80.1 cm³/mol. The maximum Gasteiger partial charge on any atom is 0.338 e. The fourth-order valence-corrected chi connectivity index (χ4v) is 3.36. The number of anilines is 1. The van der Waals surface area contributed by atoms with Gasteiger partial charge in [-0.05, 0) is 49.3 Å². The first-order valence-corrected chi connectivity index (χ1v) is 7.84. The molecule has 0 saturated heterocycles. The molecule has 3 nitrogen and oxygen atoms in total. The molecule has 1 aliphatic heterocycles. The number of carbonyl (C=O) groups is 1. The summed E-state index contributed by atoms with van der Waals surface area (Å²) >= 11 is 0. The van der Waals surface area contributed by atoms with Crippen LogP contribution in [0.25, 0.3) is 0 Å². The van der Waals surface area contributed by atoms with Crippen LogP contribution >= 0.6 is 0 Å². The van der Waals surface area contributed by atoms with Crippen molar-refractivity contribution in [1.29, 1.82) is 0 Å². The summed E-state index contributed by atoms with van der Waals surface area (Å²) in [4.78, 5) is 12.3. The zero-order valence-electron chi connectivity index (χ0n) is 12.2. The molecule has 20 heavy (non-hydrogen) atoms. The Hall–Kier alpha value is -1.51. The third-order valence-electron chi connectivity index (χ3n) is 4.64. The quantitative estimate of drug-likeness (QED) is 0.852. The van der Waals surface area contributed by atoms with Crippen LogP contribution in [0.2, 0.25) is 0 Å². The van der Waals surface area contributed by atoms with Crippen LogP contribution in [-0.2, 0) is 11.2 Å². The van der Waals surface area contributed by atoms with Crippen molar-refractivity contribution in [3.05, 3.63) is 29.3 Å². The predicted octanol–water partition coefficient (Wildman–Crippen LogP) is 3.78. The lowest BCUT2D eigenvalue weighted by Crippen LogP contribution is -2.25. The molecule has 3 heteroatoms. The highest BCUT2D eigenvalue weighted by molar-refractivity contribution is 5.91. The number of ether oxygens (including phenoxy) is 1. The lowest BCUT2D eigenvalue weighted by Gasteiger charge is -2.28. The van der Waals surface area contributed by atoms with Gasteiger partial charge in [0.2, 0.25) is 0 Å². The monoisotopic (exact) mass is 273 g/mol. The number of esters is 1. The summed E-state index contributed by atoms with van der Waals surface area (Å²) in [6.07, 6.45) is 6.87. The maximum atomic E-state index is 12.3. The Morgan fingerprint density at radius 3 is 3.15 bits per heavy atom. The number of carbonyl (C=O) groups excluding carboxylic acids is 1. The van der Waals surface area contributed by atoms with E-state index in [4.69, 9.17) is 4.74 Å². The Labute approximate surface area is 120 Å². The van der Waals surface area contributed by atoms with E-state index in [1.54, 1.807) is 0 Å². The van der Waals surface area contributed by atoms with Gasteiger partial charge in [-0.15, -0.1) is 0 Å². The van der Waals surface area contributed by atoms with Gasteiger partial charge in [0, 0.05) is 12.2 Å². The van der Waals surface area contributed by atoms with Crippen molar-refractivity contribution >= 4 is 11.7 Å². The first-order chi connectivity index (χ1) is 9.76. The Bertz CT molecular complexity index is 498. The van der Waals surface area contributed by atoms with Crippen molar-refractivity contribution in [3.8, 4) is 0 Å². The minimum Gasteiger partial charge on any atom is -0.459 e. The molecule has 0 spiro atoms. The molecule has 1 aromatic carbocycles. The van der Waals surface area contributed by atoms with Gasteiger partial charge >= 0.3 is 5.97 Å². The van der Waals surface area contributed by atoms with Gasteiger partial charge in [-0.3, -0.25) is 0 Å². The summed E-state index contributed by atoms with van der Waals surface area (Å²) in [7, 11) is 0. The highest BCUT2D eigenvalue weighted by Gasteiger charge is 2.24. The molecule has 0 radical (unpaired) electrons. The van der Waals surface area contributed by atoms with Crippen molar-refractivity contribution in [3.63, 3.8) is 0 Å². The van der Waals surface area contributed by atoms with E-state index in [1.165, 1.54) is 24.8 Å². The zero-order valence-corrected chi connectivity index (χ0v) is 12.2. The Morgan fingerprint density at radius 1 is 1.40 bits per heavy atom. The molecule has 1 fully saturated rings. The second kappa shape index (κ2) is 5.86. The molecule has 1 aromatic rings. The number of hydrogen-bond acceptors (Lipinski definition) is 3. The average molecular weight is 273 g/mol. The van der Waals surface area contributed by atoms with Gasteiger partial charge in [-0.2, -0.15) is 0 Å². The number of rotatable bonds is 3. The summed E-state index contributed by atoms with van der Waals surface area (Å²) in [6.45, 7) is 3.19. The molecule has 2 aliphatic rings. The highest BCUT2D eigenvalue weighted by atomic mass is 16.5. The molecule has 1 N–H and O–H groups in total. The van der Waals surface area contributed by atoms with Gasteiger partial charge in [0.1, 0.15) is 6.10 Å². The minimum absolute atomic E-state index is 0.113. The van der Waals surface area contributed by atoms with E-state index in [9.17, 15) is 4.79 Å². The van der Waals surface area contributed by atoms with Crippen LogP contribution in [0.3, 0.4) is 0 Å². The van der Waals surface area contributed by atoms with E-state index in [2.05, 4.69) is 12.2 Å². The minimum atomic E-state index is -0.164. The van der Waals surface area contributed by atoms with Crippen LogP contribution in [0.4, 0.5) is 5.69 Å². The second-order valence-corrected chi connectivity index (χ2v) is 6.02. The summed E-state index contributed by atoms with van der Waals surface area (Å²) in [6, 6.07) is 5.88. The number of hydrogen-bond donors (Lipinski definition) is 1. The van der Waals surface area contributed by atoms with Crippen LogP contribution in [0.15, 0.2) is 18.2 Å². The fourth-order valence-electron chi connectivity index (χ4n) is 3.36. The number of fused-ring (bicyclic) bond motifs is 1. The average Bonchev–Trinajstić information content (AvgIpc) is 2.94. The van der Waals surface area contributed by atoms with Gasteiger partial charge in [0.25, 0.3) is 0 Å². The van der Waals surface area contributed by atoms with Crippen molar-refractivity contribution in [2.45, 2.75) is 51.6 Å². The van der Waals surface area contributed by atoms with Gasteiger partial charge in [-0.25, -0.2) is 4.79 Å². The van der Waals surface area contributed by atoms with E-state index in [1.807, 2.05) is 18.2 Å². The zero-order chi connectivity index (χ0) is 13.9. The van der Waals surface area contributed by atoms with E-state index in [0.29, 0.717) is 5.56 Å². The highest BCUT2D eigenvalue weighted by Crippen LogP contribution is 2.29. The van der Waals surface area contributed by atoms with Gasteiger partial charge in [-0.1, -0.05) is 25.8 Å². The Balaban J connectivity index is 1.64. The van der Waals surface area contributed by atoms with Gasteiger partial charge in [0.05, 0.1) is 5.56 Å². The number of nitrogens with one attached hydrogen (secondary N) is 1. The lowest BCUT2D eigenvalue weighted by molar-refractivity contribution is 0.0140. The number of benzene rings is 1. The third kappa shape index (κ3) is 2.82. The SMILES string of the molecule is CCC1CCCC(OC(=O)c2ccc3c(c2)NCC3)C1. The van der Waals surface area contributed by atoms with Crippen LogP contribution in [0.1, 0.15) is 54.9 Å². The summed E-state index contributed by atoms with van der Waals surface area (Å²) in [5.41, 5.74) is 3.07. The van der Waals surface area contributed by atoms with Gasteiger partial charge in [0.15, 0.2) is 0 Å². The van der Waals surface area contributed by atoms with Crippen molar-refractivity contribution in [2.24, 2.45) is 5.92 Å². The van der Waals surface area contributed by atoms with Crippen molar-refractivity contribution in [2.75, 3.05) is 11.9 Å². The largest absolute Gasteiger partial charge is 0.459 e. The summed E-state index contributed by atoms with van der Waals surface area (Å²) < 4.78 is 5.70. The molecule has 0 amide bonds. The van der Waals surface area contributed by atoms with E-state index in [-0.39, 0.29) is 12.1 Å². The molecule has 1 saturated carbocycles. The molecule has 3 rings (SSSR count). The van der Waals surface area contributed by atoms with Crippen molar-refractivity contribution in [1.82, 2.24) is 0 Å². The van der Waals surface area contributed by atoms with E-state index < -0.39 is 0 Å². The first-order valence-electron chi connectivity index (χ1n) is 7.84. The Morgan fingerprint density at radius 2 is 2.30 bits per heavy atom. The molecular weight excluding hydrogens is 250 g/mol. The molecule has 108 valence electrons. The Kier molecular flexibility index (Phi) is 3.95. The molecule has 2 unspecified atom stereocenters. The maximum absolute atomic E-state index is 12.3. The topological polar surface area (TPSA) is 38.3 Å². The lowest BCUT2D eigenvalue weighted by atomic mass is 9.85. The van der Waals surface area contributed by atoms with Crippen molar-refractivity contribution < 1.29 is 9.53 Å². The molecular formula is C17H23NO2. The van der Waals surface area contributed by atoms with E-state index in [0.717, 1.165) is 37.4 Å². The fraction of sp³-hybridized carbons (Fsp3) is 0.588. The normalized spacial score (nSPS) is 24.9. The van der Waals surface area contributed by atoms with Crippen LogP contribution in [0, 0.1) is 5.92 Å². The molecule has 1 aliphatic carbocycles. The smallest absolute Gasteiger partial charge is 0.338 e. The van der Waals surface area contributed by atoms with Crippen LogP contribution in [-0.4, -0.2) is 18.6 Å². The summed E-state index contributed by atoms with van der Waals surface area (Å²) in [5, 5.41) is 3.31. The molecule has 0 aromatic heterocycles. The van der Waals surface area contributed by atoms with Gasteiger partial charge < -0.3 is 10.1 Å².